The highest BCUT2D eigenvalue weighted by Crippen LogP contribution is 2.29. The zero-order valence-electron chi connectivity index (χ0n) is 12.9. The second kappa shape index (κ2) is 6.39. The minimum atomic E-state index is -0.0564. The van der Waals surface area contributed by atoms with Crippen molar-refractivity contribution in [2.75, 3.05) is 25.5 Å². The van der Waals surface area contributed by atoms with Crippen LogP contribution in [0.1, 0.15) is 11.1 Å². The van der Waals surface area contributed by atoms with E-state index in [9.17, 15) is 4.79 Å². The topological polar surface area (TPSA) is 66.6 Å². The number of benzene rings is 2. The maximum atomic E-state index is 12.2. The second-order valence-electron chi connectivity index (χ2n) is 5.04. The van der Waals surface area contributed by atoms with Crippen LogP contribution in [-0.4, -0.2) is 32.3 Å². The molecule has 23 heavy (non-hydrogen) atoms. The molecule has 1 amide bonds. The smallest absolute Gasteiger partial charge is 0.248 e. The van der Waals surface area contributed by atoms with Crippen LogP contribution < -0.4 is 9.74 Å². The lowest BCUT2D eigenvalue weighted by molar-refractivity contribution is -0.116. The summed E-state index contributed by atoms with van der Waals surface area (Å²) in [7, 11) is 3.28. The predicted molar refractivity (Wildman–Crippen MR) is 88.2 cm³/mol. The summed E-state index contributed by atoms with van der Waals surface area (Å²) < 4.78 is 0. The first-order chi connectivity index (χ1) is 11.2. The molecular weight excluding hydrogens is 292 g/mol. The van der Waals surface area contributed by atoms with E-state index in [1.807, 2.05) is 42.5 Å². The molecule has 0 atom stereocenters. The first-order valence-corrected chi connectivity index (χ1v) is 7.17. The van der Waals surface area contributed by atoms with Crippen LogP contribution in [-0.2, 0) is 4.79 Å². The maximum absolute atomic E-state index is 12.2. The molecule has 3 rings (SSSR count). The van der Waals surface area contributed by atoms with E-state index in [1.165, 1.54) is 7.05 Å². The number of hydrogen-bond acceptors (Lipinski definition) is 5. The van der Waals surface area contributed by atoms with Crippen LogP contribution in [0.25, 0.3) is 0 Å². The van der Waals surface area contributed by atoms with Crippen LogP contribution >= 0.6 is 0 Å². The molecule has 0 fully saturated rings. The Morgan fingerprint density at radius 3 is 2.70 bits per heavy atom. The SMILES string of the molecule is CN=NOc1ccc2c(c1)C(c1ccccc1)=NCC(=O)N2C. The molecule has 1 heterocycles. The Labute approximate surface area is 134 Å². The van der Waals surface area contributed by atoms with Crippen LogP contribution in [0, 0.1) is 0 Å². The van der Waals surface area contributed by atoms with Gasteiger partial charge in [0.15, 0.2) is 5.75 Å². The molecule has 1 aliphatic rings. The van der Waals surface area contributed by atoms with Gasteiger partial charge >= 0.3 is 0 Å². The third-order valence-corrected chi connectivity index (χ3v) is 3.61. The van der Waals surface area contributed by atoms with Gasteiger partial charge in [0.2, 0.25) is 5.91 Å². The minimum absolute atomic E-state index is 0.0564. The summed E-state index contributed by atoms with van der Waals surface area (Å²) in [4.78, 5) is 23.5. The van der Waals surface area contributed by atoms with Crippen molar-refractivity contribution < 1.29 is 9.63 Å². The minimum Gasteiger partial charge on any atom is -0.340 e. The summed E-state index contributed by atoms with van der Waals surface area (Å²) in [5.41, 5.74) is 3.33. The highest BCUT2D eigenvalue weighted by molar-refractivity contribution is 6.19. The Morgan fingerprint density at radius 1 is 1.17 bits per heavy atom. The number of hydrogen-bond donors (Lipinski definition) is 0. The van der Waals surface area contributed by atoms with E-state index in [0.717, 1.165) is 22.5 Å². The molecule has 2 aromatic rings. The fourth-order valence-electron chi connectivity index (χ4n) is 2.46. The average Bonchev–Trinajstić information content (AvgIpc) is 2.71. The van der Waals surface area contributed by atoms with Crippen molar-refractivity contribution in [2.24, 2.45) is 15.4 Å². The summed E-state index contributed by atoms with van der Waals surface area (Å²) in [5.74, 6) is 0.486. The van der Waals surface area contributed by atoms with Gasteiger partial charge in [-0.15, -0.1) is 0 Å². The van der Waals surface area contributed by atoms with Crippen molar-refractivity contribution in [3.8, 4) is 5.75 Å². The molecule has 1 aliphatic heterocycles. The highest BCUT2D eigenvalue weighted by Gasteiger charge is 2.23. The normalized spacial score (nSPS) is 14.4. The molecule has 6 heteroatoms. The van der Waals surface area contributed by atoms with Crippen molar-refractivity contribution >= 4 is 17.3 Å². The molecule has 0 unspecified atom stereocenters. The van der Waals surface area contributed by atoms with E-state index < -0.39 is 0 Å². The number of anilines is 1. The van der Waals surface area contributed by atoms with Gasteiger partial charge in [-0.3, -0.25) is 9.79 Å². The number of rotatable bonds is 3. The van der Waals surface area contributed by atoms with Crippen molar-refractivity contribution in [2.45, 2.75) is 0 Å². The van der Waals surface area contributed by atoms with Crippen LogP contribution in [0.4, 0.5) is 5.69 Å². The molecule has 0 N–H and O–H groups in total. The summed E-state index contributed by atoms with van der Waals surface area (Å²) in [5, 5.41) is 7.12. The third-order valence-electron chi connectivity index (χ3n) is 3.61. The van der Waals surface area contributed by atoms with E-state index in [1.54, 1.807) is 18.0 Å². The lowest BCUT2D eigenvalue weighted by Crippen LogP contribution is -2.27. The van der Waals surface area contributed by atoms with E-state index in [2.05, 4.69) is 15.4 Å². The largest absolute Gasteiger partial charge is 0.340 e. The number of fused-ring (bicyclic) bond motifs is 1. The summed E-state index contributed by atoms with van der Waals surface area (Å²) in [6.45, 7) is 0.111. The van der Waals surface area contributed by atoms with E-state index in [-0.39, 0.29) is 12.5 Å². The van der Waals surface area contributed by atoms with E-state index in [0.29, 0.717) is 5.75 Å². The van der Waals surface area contributed by atoms with E-state index in [4.69, 9.17) is 4.84 Å². The zero-order chi connectivity index (χ0) is 16.2. The van der Waals surface area contributed by atoms with Gasteiger partial charge in [-0.05, 0) is 18.2 Å². The monoisotopic (exact) mass is 308 g/mol. The molecule has 6 nitrogen and oxygen atoms in total. The summed E-state index contributed by atoms with van der Waals surface area (Å²) >= 11 is 0. The standard InChI is InChI=1S/C17H16N4O2/c1-18-20-23-13-8-9-15-14(10-13)17(12-6-4-3-5-7-12)19-11-16(22)21(15)2/h3-10H,11H2,1-2H3. The molecule has 0 aromatic heterocycles. The lowest BCUT2D eigenvalue weighted by Gasteiger charge is -2.18. The Bertz CT molecular complexity index is 784. The van der Waals surface area contributed by atoms with Gasteiger partial charge in [0.1, 0.15) is 6.54 Å². The Kier molecular flexibility index (Phi) is 4.14. The molecule has 116 valence electrons. The van der Waals surface area contributed by atoms with Crippen LogP contribution in [0.3, 0.4) is 0 Å². The number of aliphatic imine (C=N–C) groups is 1. The number of carbonyl (C=O) groups excluding carboxylic acids is 1. The van der Waals surface area contributed by atoms with E-state index >= 15 is 0 Å². The van der Waals surface area contributed by atoms with Gasteiger partial charge in [-0.1, -0.05) is 30.3 Å². The first-order valence-electron chi connectivity index (χ1n) is 7.17. The first kappa shape index (κ1) is 14.9. The quantitative estimate of drug-likeness (QED) is 0.646. The third kappa shape index (κ3) is 2.96. The van der Waals surface area contributed by atoms with Crippen LogP contribution in [0.15, 0.2) is 63.9 Å². The van der Waals surface area contributed by atoms with Crippen molar-refractivity contribution in [3.63, 3.8) is 0 Å². The van der Waals surface area contributed by atoms with Gasteiger partial charge in [-0.2, -0.15) is 5.11 Å². The van der Waals surface area contributed by atoms with Gasteiger partial charge in [0.25, 0.3) is 0 Å². The van der Waals surface area contributed by atoms with Gasteiger partial charge in [-0.25, -0.2) is 0 Å². The molecule has 0 saturated heterocycles. The molecule has 0 radical (unpaired) electrons. The molecule has 0 bridgehead atoms. The van der Waals surface area contributed by atoms with Crippen molar-refractivity contribution in [1.82, 2.24) is 0 Å². The highest BCUT2D eigenvalue weighted by atomic mass is 16.6. The Balaban J connectivity index is 2.15. The number of benzodiazepines with no additional fused rings is 1. The van der Waals surface area contributed by atoms with Crippen LogP contribution in [0.5, 0.6) is 5.75 Å². The lowest BCUT2D eigenvalue weighted by atomic mass is 10.00. The number of likely N-dealkylation sites (N-methyl/N-ethyl adjacent to an activating group) is 1. The molecular formula is C17H16N4O2. The fourth-order valence-corrected chi connectivity index (χ4v) is 2.46. The Morgan fingerprint density at radius 2 is 1.96 bits per heavy atom. The summed E-state index contributed by atoms with van der Waals surface area (Å²) in [6, 6.07) is 15.2. The van der Waals surface area contributed by atoms with Crippen molar-refractivity contribution in [1.29, 1.82) is 0 Å². The predicted octanol–water partition coefficient (Wildman–Crippen LogP) is 2.88. The van der Waals surface area contributed by atoms with Crippen LogP contribution in [0.2, 0.25) is 0 Å². The maximum Gasteiger partial charge on any atom is 0.248 e. The van der Waals surface area contributed by atoms with Gasteiger partial charge in [0.05, 0.1) is 18.4 Å². The molecule has 0 spiro atoms. The fraction of sp³-hybridized carbons (Fsp3) is 0.176. The molecule has 0 aliphatic carbocycles. The number of amides is 1. The molecule has 2 aromatic carbocycles. The molecule has 0 saturated carbocycles. The average molecular weight is 308 g/mol. The zero-order valence-corrected chi connectivity index (χ0v) is 12.9. The number of nitrogens with zero attached hydrogens (tertiary/aromatic N) is 4. The summed E-state index contributed by atoms with van der Waals surface area (Å²) in [6.07, 6.45) is 0. The van der Waals surface area contributed by atoms with Gasteiger partial charge in [0, 0.05) is 23.5 Å². The second-order valence-corrected chi connectivity index (χ2v) is 5.04. The Hall–Kier alpha value is -3.02. The van der Waals surface area contributed by atoms with Gasteiger partial charge < -0.3 is 9.74 Å². The van der Waals surface area contributed by atoms with Crippen molar-refractivity contribution in [3.05, 3.63) is 59.7 Å². The number of carbonyl (C=O) groups is 1.